The maximum atomic E-state index is 4.76. The molecular formula is C17H28Cl2N4. The van der Waals surface area contributed by atoms with E-state index in [1.54, 1.807) is 6.20 Å². The summed E-state index contributed by atoms with van der Waals surface area (Å²) in [5.74, 6) is 0.936. The Balaban J connectivity index is 0.000000412. The number of fused-ring (bicyclic) bond motifs is 1. The zero-order valence-electron chi connectivity index (χ0n) is 14.8. The molecule has 0 fully saturated rings. The van der Waals surface area contributed by atoms with Gasteiger partial charge in [0.2, 0.25) is 0 Å². The number of alkyl halides is 2. The SMILES string of the molecule is CCN(CC)CC.CN(C)c1ccc2cccnc2n1.ClCCl. The van der Waals surface area contributed by atoms with Gasteiger partial charge < -0.3 is 9.80 Å². The van der Waals surface area contributed by atoms with E-state index in [9.17, 15) is 0 Å². The summed E-state index contributed by atoms with van der Waals surface area (Å²) in [7, 11) is 3.94. The fourth-order valence-electron chi connectivity index (χ4n) is 1.86. The highest BCUT2D eigenvalue weighted by Crippen LogP contribution is 2.13. The lowest BCUT2D eigenvalue weighted by molar-refractivity contribution is 0.321. The van der Waals surface area contributed by atoms with Crippen LogP contribution in [0.3, 0.4) is 0 Å². The first-order chi connectivity index (χ1) is 11.0. The molecule has 0 aromatic carbocycles. The number of anilines is 1. The van der Waals surface area contributed by atoms with E-state index >= 15 is 0 Å². The van der Waals surface area contributed by atoms with E-state index in [2.05, 4.69) is 35.6 Å². The second kappa shape index (κ2) is 13.3. The van der Waals surface area contributed by atoms with Gasteiger partial charge in [-0.25, -0.2) is 9.97 Å². The van der Waals surface area contributed by atoms with Gasteiger partial charge >= 0.3 is 0 Å². The van der Waals surface area contributed by atoms with Crippen molar-refractivity contribution in [3.63, 3.8) is 0 Å². The summed E-state index contributed by atoms with van der Waals surface area (Å²) in [4.78, 5) is 12.9. The number of halogens is 2. The Kier molecular flexibility index (Phi) is 12.7. The second-order valence-electron chi connectivity index (χ2n) is 4.83. The molecule has 2 rings (SSSR count). The first-order valence-corrected chi connectivity index (χ1v) is 8.84. The first kappa shape index (κ1) is 21.9. The van der Waals surface area contributed by atoms with Crippen molar-refractivity contribution in [2.24, 2.45) is 0 Å². The smallest absolute Gasteiger partial charge is 0.161 e. The molecule has 0 saturated heterocycles. The summed E-state index contributed by atoms with van der Waals surface area (Å²) in [6.07, 6.45) is 1.76. The summed E-state index contributed by atoms with van der Waals surface area (Å²) in [5, 5.41) is 1.27. The van der Waals surface area contributed by atoms with E-state index in [-0.39, 0.29) is 5.34 Å². The van der Waals surface area contributed by atoms with Crippen LogP contribution in [0.4, 0.5) is 5.82 Å². The van der Waals surface area contributed by atoms with E-state index in [1.165, 1.54) is 19.6 Å². The molecule has 0 unspecified atom stereocenters. The Labute approximate surface area is 150 Å². The molecule has 2 heterocycles. The number of pyridine rings is 2. The van der Waals surface area contributed by atoms with Gasteiger partial charge in [0.25, 0.3) is 0 Å². The van der Waals surface area contributed by atoms with Gasteiger partial charge in [0, 0.05) is 25.7 Å². The van der Waals surface area contributed by atoms with Crippen LogP contribution in [-0.4, -0.2) is 53.9 Å². The Morgan fingerprint density at radius 3 is 1.96 bits per heavy atom. The average molecular weight is 359 g/mol. The standard InChI is InChI=1S/C10H11N3.C6H15N.CH2Cl2/c1-13(2)9-6-5-8-4-3-7-11-10(8)12-9;1-4-7(5-2)6-3;2-1-3/h3-7H,1-2H3;4-6H2,1-3H3;1H2. The predicted octanol–water partition coefficient (Wildman–Crippen LogP) is 4.47. The van der Waals surface area contributed by atoms with Gasteiger partial charge in [-0.05, 0) is 43.9 Å². The van der Waals surface area contributed by atoms with Crippen LogP contribution in [-0.2, 0) is 0 Å². The van der Waals surface area contributed by atoms with Crippen molar-refractivity contribution in [3.05, 3.63) is 30.5 Å². The molecule has 0 aliphatic rings. The lowest BCUT2D eigenvalue weighted by Gasteiger charge is -2.13. The molecule has 0 atom stereocenters. The number of aromatic nitrogens is 2. The molecule has 0 saturated carbocycles. The van der Waals surface area contributed by atoms with Crippen molar-refractivity contribution in [1.29, 1.82) is 0 Å². The van der Waals surface area contributed by atoms with E-state index in [4.69, 9.17) is 23.2 Å². The second-order valence-corrected chi connectivity index (χ2v) is 5.64. The quantitative estimate of drug-likeness (QED) is 0.754. The largest absolute Gasteiger partial charge is 0.363 e. The monoisotopic (exact) mass is 358 g/mol. The maximum absolute atomic E-state index is 4.76. The molecule has 0 N–H and O–H groups in total. The third kappa shape index (κ3) is 8.94. The summed E-state index contributed by atoms with van der Waals surface area (Å²) in [6, 6.07) is 7.95. The summed E-state index contributed by atoms with van der Waals surface area (Å²) < 4.78 is 0. The molecule has 0 spiro atoms. The Bertz CT molecular complexity index is 525. The molecule has 0 amide bonds. The number of rotatable bonds is 4. The average Bonchev–Trinajstić information content (AvgIpc) is 2.57. The fourth-order valence-corrected chi connectivity index (χ4v) is 1.86. The highest BCUT2D eigenvalue weighted by atomic mass is 35.5. The van der Waals surface area contributed by atoms with Gasteiger partial charge in [-0.15, -0.1) is 23.2 Å². The lowest BCUT2D eigenvalue weighted by atomic mass is 10.3. The van der Waals surface area contributed by atoms with Crippen LogP contribution in [0.5, 0.6) is 0 Å². The van der Waals surface area contributed by atoms with Gasteiger partial charge in [-0.1, -0.05) is 20.8 Å². The van der Waals surface area contributed by atoms with Crippen LogP contribution < -0.4 is 4.90 Å². The van der Waals surface area contributed by atoms with Crippen LogP contribution in [0.15, 0.2) is 30.5 Å². The molecule has 0 radical (unpaired) electrons. The number of nitrogens with zero attached hydrogens (tertiary/aromatic N) is 4. The fraction of sp³-hybridized carbons (Fsp3) is 0.529. The third-order valence-electron chi connectivity index (χ3n) is 3.25. The lowest BCUT2D eigenvalue weighted by Crippen LogP contribution is -2.21. The molecule has 130 valence electrons. The molecule has 4 nitrogen and oxygen atoms in total. The molecular weight excluding hydrogens is 331 g/mol. The van der Waals surface area contributed by atoms with Gasteiger partial charge in [0.15, 0.2) is 5.65 Å². The zero-order chi connectivity index (χ0) is 17.7. The predicted molar refractivity (Wildman–Crippen MR) is 104 cm³/mol. The summed E-state index contributed by atoms with van der Waals surface area (Å²) >= 11 is 9.53. The Morgan fingerprint density at radius 1 is 0.957 bits per heavy atom. The highest BCUT2D eigenvalue weighted by molar-refractivity contribution is 6.40. The van der Waals surface area contributed by atoms with Crippen LogP contribution in [0.25, 0.3) is 11.0 Å². The molecule has 2 aromatic heterocycles. The molecule has 0 aliphatic carbocycles. The van der Waals surface area contributed by atoms with Crippen LogP contribution in [0.1, 0.15) is 20.8 Å². The first-order valence-electron chi connectivity index (χ1n) is 7.77. The van der Waals surface area contributed by atoms with E-state index < -0.39 is 0 Å². The van der Waals surface area contributed by atoms with Crippen LogP contribution in [0.2, 0.25) is 0 Å². The molecule has 6 heteroatoms. The minimum Gasteiger partial charge on any atom is -0.363 e. The summed E-state index contributed by atoms with van der Waals surface area (Å²) in [6.45, 7) is 10.1. The third-order valence-corrected chi connectivity index (χ3v) is 3.25. The Hall–Kier alpha value is -1.10. The Morgan fingerprint density at radius 2 is 1.52 bits per heavy atom. The van der Waals surface area contributed by atoms with Crippen molar-refractivity contribution in [2.45, 2.75) is 20.8 Å². The van der Waals surface area contributed by atoms with Crippen molar-refractivity contribution in [1.82, 2.24) is 14.9 Å². The van der Waals surface area contributed by atoms with Crippen molar-refractivity contribution in [3.8, 4) is 0 Å². The minimum atomic E-state index is 0.194. The zero-order valence-corrected chi connectivity index (χ0v) is 16.3. The van der Waals surface area contributed by atoms with Crippen molar-refractivity contribution < 1.29 is 0 Å². The van der Waals surface area contributed by atoms with Crippen molar-refractivity contribution in [2.75, 3.05) is 44.0 Å². The number of hydrogen-bond acceptors (Lipinski definition) is 4. The minimum absolute atomic E-state index is 0.194. The van der Waals surface area contributed by atoms with Gasteiger partial charge in [0.05, 0.1) is 5.34 Å². The molecule has 0 bridgehead atoms. The van der Waals surface area contributed by atoms with Gasteiger partial charge in [-0.2, -0.15) is 0 Å². The van der Waals surface area contributed by atoms with Crippen molar-refractivity contribution >= 4 is 40.1 Å². The van der Waals surface area contributed by atoms with Gasteiger partial charge in [0.1, 0.15) is 5.82 Å². The molecule has 23 heavy (non-hydrogen) atoms. The van der Waals surface area contributed by atoms with E-state index in [0.717, 1.165) is 16.9 Å². The maximum Gasteiger partial charge on any atom is 0.161 e. The highest BCUT2D eigenvalue weighted by Gasteiger charge is 1.98. The molecule has 0 aliphatic heterocycles. The van der Waals surface area contributed by atoms with E-state index in [1.807, 2.05) is 43.3 Å². The van der Waals surface area contributed by atoms with Gasteiger partial charge in [-0.3, -0.25) is 0 Å². The normalized spacial score (nSPS) is 9.74. The number of hydrogen-bond donors (Lipinski definition) is 0. The summed E-state index contributed by atoms with van der Waals surface area (Å²) in [5.41, 5.74) is 0.800. The van der Waals surface area contributed by atoms with E-state index in [0.29, 0.717) is 0 Å². The van der Waals surface area contributed by atoms with Crippen LogP contribution in [0, 0.1) is 0 Å². The molecule has 2 aromatic rings. The topological polar surface area (TPSA) is 32.3 Å². The van der Waals surface area contributed by atoms with Crippen LogP contribution >= 0.6 is 23.2 Å².